The van der Waals surface area contributed by atoms with Gasteiger partial charge >= 0.3 is 0 Å². The van der Waals surface area contributed by atoms with Gasteiger partial charge in [-0.05, 0) is 17.5 Å². The number of H-pyrrole nitrogens is 1. The highest BCUT2D eigenvalue weighted by Crippen LogP contribution is 2.37. The Labute approximate surface area is 133 Å². The number of nitrogens with zero attached hydrogens (tertiary/aromatic N) is 3. The summed E-state index contributed by atoms with van der Waals surface area (Å²) in [6.45, 7) is 0. The fourth-order valence-electron chi connectivity index (χ4n) is 2.07. The van der Waals surface area contributed by atoms with Crippen LogP contribution in [0.15, 0.2) is 45.9 Å². The molecule has 1 aromatic carbocycles. The molecule has 0 bridgehead atoms. The molecule has 1 amide bonds. The van der Waals surface area contributed by atoms with Gasteiger partial charge < -0.3 is 10.1 Å². The van der Waals surface area contributed by atoms with Gasteiger partial charge in [-0.15, -0.1) is 21.6 Å². The zero-order valence-corrected chi connectivity index (χ0v) is 12.4. The van der Waals surface area contributed by atoms with Gasteiger partial charge in [-0.3, -0.25) is 14.9 Å². The van der Waals surface area contributed by atoms with E-state index in [0.29, 0.717) is 10.9 Å². The Morgan fingerprint density at radius 2 is 2.22 bits per heavy atom. The van der Waals surface area contributed by atoms with Crippen LogP contribution in [-0.4, -0.2) is 20.9 Å². The predicted molar refractivity (Wildman–Crippen MR) is 84.2 cm³/mol. The molecule has 8 nitrogen and oxygen atoms in total. The number of aromatic amines is 1. The van der Waals surface area contributed by atoms with Gasteiger partial charge in [0.15, 0.2) is 5.69 Å². The maximum absolute atomic E-state index is 11.8. The van der Waals surface area contributed by atoms with E-state index in [-0.39, 0.29) is 23.7 Å². The molecule has 0 atom stereocenters. The van der Waals surface area contributed by atoms with Crippen molar-refractivity contribution in [2.75, 3.05) is 0 Å². The highest BCUT2D eigenvalue weighted by atomic mass is 32.1. The monoisotopic (exact) mass is 330 g/mol. The quantitative estimate of drug-likeness (QED) is 0.430. The van der Waals surface area contributed by atoms with Crippen LogP contribution in [0.1, 0.15) is 4.88 Å². The fraction of sp³-hybridized carbons (Fsp3) is 0.0714. The average Bonchev–Trinajstić information content (AvgIpc) is 3.11. The molecule has 0 unspecified atom stereocenters. The Morgan fingerprint density at radius 3 is 2.91 bits per heavy atom. The summed E-state index contributed by atoms with van der Waals surface area (Å²) in [5.41, 5.74) is 0.328. The van der Waals surface area contributed by atoms with Crippen molar-refractivity contribution in [2.24, 2.45) is 10.2 Å². The number of fused-ring (bicyclic) bond motifs is 1. The molecule has 9 heteroatoms. The van der Waals surface area contributed by atoms with Crippen LogP contribution < -0.4 is 0 Å². The lowest BCUT2D eigenvalue weighted by molar-refractivity contribution is -0.384. The highest BCUT2D eigenvalue weighted by molar-refractivity contribution is 7.10. The largest absolute Gasteiger partial charge is 0.493 e. The Balaban J connectivity index is 1.90. The van der Waals surface area contributed by atoms with Crippen molar-refractivity contribution >= 4 is 39.5 Å². The molecule has 2 N–H and O–H groups in total. The molecule has 0 aliphatic heterocycles. The van der Waals surface area contributed by atoms with E-state index in [1.807, 2.05) is 17.5 Å². The lowest BCUT2D eigenvalue weighted by atomic mass is 10.2. The standard InChI is InChI=1S/C14H10N4O4S/c19-12(7-9-2-1-5-23-9)16-17-13-10-6-8(18(21)22)3-4-11(10)15-14(13)20/h1-6,15,20H,7H2. The Kier molecular flexibility index (Phi) is 3.85. The number of nitro benzene ring substituents is 1. The smallest absolute Gasteiger partial charge is 0.270 e. The van der Waals surface area contributed by atoms with Crippen molar-refractivity contribution in [3.8, 4) is 5.88 Å². The summed E-state index contributed by atoms with van der Waals surface area (Å²) < 4.78 is 0. The zero-order chi connectivity index (χ0) is 16.4. The van der Waals surface area contributed by atoms with Crippen molar-refractivity contribution in [2.45, 2.75) is 6.42 Å². The number of thiophene rings is 1. The van der Waals surface area contributed by atoms with E-state index in [1.54, 1.807) is 0 Å². The SMILES string of the molecule is O=C(Cc1cccs1)N=Nc1c(O)[nH]c2ccc([N+](=O)[O-])cc12. The van der Waals surface area contributed by atoms with Gasteiger partial charge in [-0.2, -0.15) is 0 Å². The summed E-state index contributed by atoms with van der Waals surface area (Å²) in [4.78, 5) is 25.5. The second-order valence-corrected chi connectivity index (χ2v) is 5.69. The lowest BCUT2D eigenvalue weighted by Gasteiger charge is -1.93. The number of nitrogens with one attached hydrogen (secondary N) is 1. The zero-order valence-electron chi connectivity index (χ0n) is 11.6. The van der Waals surface area contributed by atoms with E-state index in [4.69, 9.17) is 0 Å². The predicted octanol–water partition coefficient (Wildman–Crippen LogP) is 3.70. The van der Waals surface area contributed by atoms with Crippen molar-refractivity contribution in [3.63, 3.8) is 0 Å². The molecule has 23 heavy (non-hydrogen) atoms. The van der Waals surface area contributed by atoms with Crippen LogP contribution in [-0.2, 0) is 11.2 Å². The molecular weight excluding hydrogens is 320 g/mol. The summed E-state index contributed by atoms with van der Waals surface area (Å²) >= 11 is 1.43. The summed E-state index contributed by atoms with van der Waals surface area (Å²) in [6.07, 6.45) is 0.116. The van der Waals surface area contributed by atoms with Gasteiger partial charge in [-0.1, -0.05) is 6.07 Å². The van der Waals surface area contributed by atoms with Crippen LogP contribution in [0, 0.1) is 10.1 Å². The number of carbonyl (C=O) groups is 1. The molecule has 3 rings (SSSR count). The van der Waals surface area contributed by atoms with Gasteiger partial charge in [0.1, 0.15) is 0 Å². The van der Waals surface area contributed by atoms with Crippen LogP contribution in [0.5, 0.6) is 5.88 Å². The normalized spacial score (nSPS) is 11.3. The molecule has 0 aliphatic rings. The molecule has 116 valence electrons. The molecule has 0 saturated heterocycles. The Bertz CT molecular complexity index is 914. The van der Waals surface area contributed by atoms with Gasteiger partial charge in [0.25, 0.3) is 11.6 Å². The summed E-state index contributed by atoms with van der Waals surface area (Å²) in [5.74, 6) is -0.764. The second-order valence-electron chi connectivity index (χ2n) is 4.66. The maximum atomic E-state index is 11.8. The van der Waals surface area contributed by atoms with Gasteiger partial charge in [0, 0.05) is 22.4 Å². The molecule has 2 aromatic heterocycles. The van der Waals surface area contributed by atoms with E-state index in [0.717, 1.165) is 4.88 Å². The van der Waals surface area contributed by atoms with Crippen LogP contribution in [0.25, 0.3) is 10.9 Å². The van der Waals surface area contributed by atoms with Gasteiger partial charge in [0.2, 0.25) is 5.88 Å². The first-order chi connectivity index (χ1) is 11.0. The topological polar surface area (TPSA) is 121 Å². The minimum atomic E-state index is -0.549. The van der Waals surface area contributed by atoms with E-state index in [1.165, 1.54) is 29.5 Å². The molecule has 3 aromatic rings. The fourth-order valence-corrected chi connectivity index (χ4v) is 2.77. The van der Waals surface area contributed by atoms with Crippen molar-refractivity contribution in [1.82, 2.24) is 4.98 Å². The third-order valence-electron chi connectivity index (χ3n) is 3.11. The van der Waals surface area contributed by atoms with E-state index < -0.39 is 10.8 Å². The number of hydrogen-bond acceptors (Lipinski definition) is 6. The first-order valence-corrected chi connectivity index (χ1v) is 7.38. The number of carbonyl (C=O) groups excluding carboxylic acids is 1. The van der Waals surface area contributed by atoms with E-state index in [9.17, 15) is 20.0 Å². The number of non-ortho nitro benzene ring substituents is 1. The lowest BCUT2D eigenvalue weighted by Crippen LogP contribution is -1.95. The molecule has 0 saturated carbocycles. The summed E-state index contributed by atoms with van der Waals surface area (Å²) in [6, 6.07) is 7.67. The molecule has 0 aliphatic carbocycles. The number of benzene rings is 1. The number of aromatic hydroxyl groups is 1. The summed E-state index contributed by atoms with van der Waals surface area (Å²) in [5, 5.41) is 30.2. The molecule has 0 spiro atoms. The number of hydrogen-bond donors (Lipinski definition) is 2. The van der Waals surface area contributed by atoms with E-state index >= 15 is 0 Å². The number of amides is 1. The van der Waals surface area contributed by atoms with Crippen LogP contribution in [0.3, 0.4) is 0 Å². The number of rotatable bonds is 4. The minimum absolute atomic E-state index is 0.00299. The van der Waals surface area contributed by atoms with Crippen LogP contribution in [0.4, 0.5) is 11.4 Å². The maximum Gasteiger partial charge on any atom is 0.270 e. The molecular formula is C14H10N4O4S. The molecule has 0 radical (unpaired) electrons. The molecule has 2 heterocycles. The highest BCUT2D eigenvalue weighted by Gasteiger charge is 2.15. The first kappa shape index (κ1) is 14.9. The van der Waals surface area contributed by atoms with Crippen molar-refractivity contribution in [3.05, 3.63) is 50.7 Å². The third-order valence-corrected chi connectivity index (χ3v) is 3.99. The number of nitro groups is 1. The van der Waals surface area contributed by atoms with Gasteiger partial charge in [0.05, 0.1) is 16.9 Å². The number of azo groups is 1. The van der Waals surface area contributed by atoms with Crippen molar-refractivity contribution in [1.29, 1.82) is 0 Å². The number of aromatic nitrogens is 1. The van der Waals surface area contributed by atoms with Crippen molar-refractivity contribution < 1.29 is 14.8 Å². The first-order valence-electron chi connectivity index (χ1n) is 6.50. The Morgan fingerprint density at radius 1 is 1.39 bits per heavy atom. The van der Waals surface area contributed by atoms with E-state index in [2.05, 4.69) is 15.2 Å². The molecule has 0 fully saturated rings. The van der Waals surface area contributed by atoms with Crippen LogP contribution >= 0.6 is 11.3 Å². The van der Waals surface area contributed by atoms with Gasteiger partial charge in [-0.25, -0.2) is 0 Å². The third kappa shape index (κ3) is 3.09. The average molecular weight is 330 g/mol. The summed E-state index contributed by atoms with van der Waals surface area (Å²) in [7, 11) is 0. The minimum Gasteiger partial charge on any atom is -0.493 e. The second kappa shape index (κ2) is 5.97. The van der Waals surface area contributed by atoms with Crippen LogP contribution in [0.2, 0.25) is 0 Å². The Hall–Kier alpha value is -3.07.